The number of hydrogen-bond donors (Lipinski definition) is 1. The highest BCUT2D eigenvalue weighted by Gasteiger charge is 2.12. The summed E-state index contributed by atoms with van der Waals surface area (Å²) in [5, 5.41) is 12.6. The molecule has 0 aliphatic heterocycles. The van der Waals surface area contributed by atoms with Gasteiger partial charge in [0.25, 0.3) is 0 Å². The van der Waals surface area contributed by atoms with Crippen molar-refractivity contribution in [1.29, 1.82) is 0 Å². The van der Waals surface area contributed by atoms with Crippen LogP contribution < -0.4 is 4.74 Å². The Bertz CT molecular complexity index is 756. The van der Waals surface area contributed by atoms with E-state index in [-0.39, 0.29) is 0 Å². The summed E-state index contributed by atoms with van der Waals surface area (Å²) in [6.07, 6.45) is 4.42. The van der Waals surface area contributed by atoms with E-state index in [4.69, 9.17) is 9.84 Å². The standard InChI is InChI=1S/C13H10N2O3S2/c16-11(17)4-3-10-12(14-13-15(10)5-7-20-13)18-8-9-2-1-6-19-9/h1-7H,8H2,(H,16,17)/b4-3+. The maximum atomic E-state index is 10.7. The smallest absolute Gasteiger partial charge is 0.328 e. The van der Waals surface area contributed by atoms with Crippen LogP contribution in [0.5, 0.6) is 5.88 Å². The first kappa shape index (κ1) is 12.9. The Kier molecular flexibility index (Phi) is 3.53. The Hall–Kier alpha value is -2.12. The van der Waals surface area contributed by atoms with Gasteiger partial charge in [0.1, 0.15) is 12.3 Å². The molecular formula is C13H10N2O3S2. The lowest BCUT2D eigenvalue weighted by atomic mass is 10.4. The molecule has 3 aromatic rings. The Morgan fingerprint density at radius 1 is 1.45 bits per heavy atom. The second kappa shape index (κ2) is 5.48. The molecule has 0 aliphatic rings. The highest BCUT2D eigenvalue weighted by Crippen LogP contribution is 2.25. The molecule has 102 valence electrons. The summed E-state index contributed by atoms with van der Waals surface area (Å²) in [4.78, 5) is 16.9. The van der Waals surface area contributed by atoms with Crippen molar-refractivity contribution in [2.45, 2.75) is 6.61 Å². The summed E-state index contributed by atoms with van der Waals surface area (Å²) < 4.78 is 7.51. The van der Waals surface area contributed by atoms with Gasteiger partial charge in [-0.3, -0.25) is 4.40 Å². The third kappa shape index (κ3) is 2.59. The molecule has 1 N–H and O–H groups in total. The van der Waals surface area contributed by atoms with Crippen molar-refractivity contribution in [3.8, 4) is 5.88 Å². The Morgan fingerprint density at radius 2 is 2.35 bits per heavy atom. The zero-order valence-corrected chi connectivity index (χ0v) is 11.9. The van der Waals surface area contributed by atoms with Gasteiger partial charge in [0, 0.05) is 22.5 Å². The SMILES string of the molecule is O=C(O)/C=C/c1c(OCc2cccs2)nc2sccn12. The van der Waals surface area contributed by atoms with E-state index in [1.165, 1.54) is 17.4 Å². The number of nitrogens with zero attached hydrogens (tertiary/aromatic N) is 2. The number of rotatable bonds is 5. The molecule has 0 amide bonds. The van der Waals surface area contributed by atoms with Crippen molar-refractivity contribution in [3.05, 3.63) is 45.7 Å². The van der Waals surface area contributed by atoms with E-state index in [0.717, 1.165) is 15.9 Å². The molecule has 0 aromatic carbocycles. The van der Waals surface area contributed by atoms with Gasteiger partial charge < -0.3 is 9.84 Å². The van der Waals surface area contributed by atoms with E-state index < -0.39 is 5.97 Å². The Labute approximate surface area is 122 Å². The number of thiophene rings is 1. The van der Waals surface area contributed by atoms with Gasteiger partial charge in [-0.25, -0.2) is 4.79 Å². The average molecular weight is 306 g/mol. The topological polar surface area (TPSA) is 63.8 Å². The van der Waals surface area contributed by atoms with Crippen molar-refractivity contribution in [1.82, 2.24) is 9.38 Å². The molecule has 7 heteroatoms. The number of fused-ring (bicyclic) bond motifs is 1. The number of thiazole rings is 1. The molecule has 0 unspecified atom stereocenters. The first-order valence-electron chi connectivity index (χ1n) is 5.76. The summed E-state index contributed by atoms with van der Waals surface area (Å²) in [6.45, 7) is 0.427. The van der Waals surface area contributed by atoms with Gasteiger partial charge in [-0.05, 0) is 17.5 Å². The van der Waals surface area contributed by atoms with E-state index in [0.29, 0.717) is 18.2 Å². The van der Waals surface area contributed by atoms with E-state index in [2.05, 4.69) is 4.98 Å². The number of carbonyl (C=O) groups is 1. The molecule has 0 radical (unpaired) electrons. The van der Waals surface area contributed by atoms with Crippen LogP contribution in [0, 0.1) is 0 Å². The first-order chi connectivity index (χ1) is 9.74. The van der Waals surface area contributed by atoms with E-state index in [1.54, 1.807) is 11.3 Å². The number of imidazole rings is 1. The number of ether oxygens (including phenoxy) is 1. The molecule has 3 rings (SSSR count). The highest BCUT2D eigenvalue weighted by molar-refractivity contribution is 7.15. The van der Waals surface area contributed by atoms with Crippen molar-refractivity contribution < 1.29 is 14.6 Å². The summed E-state index contributed by atoms with van der Waals surface area (Å²) >= 11 is 3.08. The highest BCUT2D eigenvalue weighted by atomic mass is 32.1. The van der Waals surface area contributed by atoms with Crippen LogP contribution in [0.2, 0.25) is 0 Å². The molecule has 5 nitrogen and oxygen atoms in total. The van der Waals surface area contributed by atoms with Crippen LogP contribution in [0.15, 0.2) is 35.2 Å². The molecule has 0 fully saturated rings. The first-order valence-corrected chi connectivity index (χ1v) is 7.52. The molecule has 0 bridgehead atoms. The van der Waals surface area contributed by atoms with Crippen LogP contribution in [0.4, 0.5) is 0 Å². The summed E-state index contributed by atoms with van der Waals surface area (Å²) in [6, 6.07) is 3.94. The van der Waals surface area contributed by atoms with Gasteiger partial charge in [0.15, 0.2) is 4.96 Å². The fourth-order valence-corrected chi connectivity index (χ4v) is 3.05. The minimum absolute atomic E-state index is 0.427. The third-order valence-electron chi connectivity index (χ3n) is 2.58. The summed E-state index contributed by atoms with van der Waals surface area (Å²) in [7, 11) is 0. The molecule has 0 saturated carbocycles. The zero-order chi connectivity index (χ0) is 13.9. The quantitative estimate of drug-likeness (QED) is 0.736. The fraction of sp³-hybridized carbons (Fsp3) is 0.0769. The van der Waals surface area contributed by atoms with Crippen molar-refractivity contribution in [3.63, 3.8) is 0 Å². The van der Waals surface area contributed by atoms with E-state index in [1.807, 2.05) is 33.5 Å². The zero-order valence-electron chi connectivity index (χ0n) is 10.2. The number of carboxylic acid groups (broad SMARTS) is 1. The minimum atomic E-state index is -1.00. The van der Waals surface area contributed by atoms with Crippen LogP contribution in [0.25, 0.3) is 11.0 Å². The van der Waals surface area contributed by atoms with Crippen molar-refractivity contribution in [2.24, 2.45) is 0 Å². The van der Waals surface area contributed by atoms with Crippen LogP contribution in [0.1, 0.15) is 10.6 Å². The van der Waals surface area contributed by atoms with Crippen molar-refractivity contribution >= 4 is 39.7 Å². The van der Waals surface area contributed by atoms with Gasteiger partial charge in [-0.1, -0.05) is 6.07 Å². The van der Waals surface area contributed by atoms with E-state index >= 15 is 0 Å². The van der Waals surface area contributed by atoms with Gasteiger partial charge in [-0.2, -0.15) is 4.98 Å². The number of hydrogen-bond acceptors (Lipinski definition) is 5. The fourth-order valence-electron chi connectivity index (χ4n) is 1.73. The minimum Gasteiger partial charge on any atom is -0.478 e. The van der Waals surface area contributed by atoms with Gasteiger partial charge in [0.2, 0.25) is 5.88 Å². The second-order valence-corrected chi connectivity index (χ2v) is 5.80. The van der Waals surface area contributed by atoms with Crippen molar-refractivity contribution in [2.75, 3.05) is 0 Å². The molecule has 0 atom stereocenters. The lowest BCUT2D eigenvalue weighted by molar-refractivity contribution is -0.131. The predicted octanol–water partition coefficient (Wildman–Crippen LogP) is 3.13. The summed E-state index contributed by atoms with van der Waals surface area (Å²) in [5.74, 6) is -0.554. The molecular weight excluding hydrogens is 296 g/mol. The Morgan fingerprint density at radius 3 is 3.10 bits per heavy atom. The van der Waals surface area contributed by atoms with Gasteiger partial charge in [-0.15, -0.1) is 22.7 Å². The van der Waals surface area contributed by atoms with Crippen LogP contribution >= 0.6 is 22.7 Å². The molecule has 20 heavy (non-hydrogen) atoms. The van der Waals surface area contributed by atoms with Crippen LogP contribution in [-0.4, -0.2) is 20.5 Å². The second-order valence-electron chi connectivity index (χ2n) is 3.90. The monoisotopic (exact) mass is 306 g/mol. The lowest BCUT2D eigenvalue weighted by Gasteiger charge is -2.02. The molecule has 0 spiro atoms. The third-order valence-corrected chi connectivity index (χ3v) is 4.19. The average Bonchev–Trinajstić information content (AvgIpc) is 3.11. The molecule has 0 aliphatic carbocycles. The largest absolute Gasteiger partial charge is 0.478 e. The molecule has 3 heterocycles. The van der Waals surface area contributed by atoms with Crippen LogP contribution in [0.3, 0.4) is 0 Å². The number of carboxylic acids is 1. The molecule has 0 saturated heterocycles. The van der Waals surface area contributed by atoms with Gasteiger partial charge in [0.05, 0.1) is 0 Å². The van der Waals surface area contributed by atoms with E-state index in [9.17, 15) is 4.79 Å². The van der Waals surface area contributed by atoms with Gasteiger partial charge >= 0.3 is 5.97 Å². The van der Waals surface area contributed by atoms with Crippen LogP contribution in [-0.2, 0) is 11.4 Å². The Balaban J connectivity index is 1.90. The summed E-state index contributed by atoms with van der Waals surface area (Å²) in [5.41, 5.74) is 0.639. The maximum Gasteiger partial charge on any atom is 0.328 e. The lowest BCUT2D eigenvalue weighted by Crippen LogP contribution is -1.96. The maximum absolute atomic E-state index is 10.7. The predicted molar refractivity (Wildman–Crippen MR) is 78.4 cm³/mol. The number of aliphatic carboxylic acids is 1. The molecule has 3 aromatic heterocycles. The normalized spacial score (nSPS) is 11.4. The number of aromatic nitrogens is 2.